The van der Waals surface area contributed by atoms with Crippen LogP contribution in [0, 0.1) is 0 Å². The van der Waals surface area contributed by atoms with Gasteiger partial charge in [0.2, 0.25) is 0 Å². The molecule has 0 radical (unpaired) electrons. The van der Waals surface area contributed by atoms with Gasteiger partial charge in [-0.05, 0) is 81.6 Å². The fourth-order valence-corrected chi connectivity index (χ4v) is 7.88. The standard InChI is InChI=1S/C22H24ClN5O2.C16H21N5O2/c23-15-6-7-20-18(14-15)25-22(30)28(20)16-8-12-26(13-9-16)10-3-11-27-19-5-2-1-4-17(19)24-21(27)29;1-3-6-21-7-4-5-11(21)10-17-16(22)12-8-13-14(19-20-18-13)9-15(12)23-2/h1-2,4-7,14,16H,3,8-13H2,(H,24,29)(H,25,30);3,8-9,11H,1,4-7,10H2,2H3,(H,17,22)(H,18,19,20). The number of imidazole rings is 2. The van der Waals surface area contributed by atoms with Gasteiger partial charge in [0.25, 0.3) is 5.91 Å². The number of aromatic nitrogens is 7. The molecule has 53 heavy (non-hydrogen) atoms. The lowest BCUT2D eigenvalue weighted by Gasteiger charge is -2.32. The molecular weight excluding hydrogens is 696 g/mol. The first-order chi connectivity index (χ1) is 25.8. The van der Waals surface area contributed by atoms with E-state index in [1.165, 1.54) is 0 Å². The predicted molar refractivity (Wildman–Crippen MR) is 207 cm³/mol. The molecule has 15 heteroatoms. The van der Waals surface area contributed by atoms with Gasteiger partial charge in [-0.25, -0.2) is 9.59 Å². The Balaban J connectivity index is 0.000000170. The van der Waals surface area contributed by atoms with Gasteiger partial charge < -0.3 is 24.9 Å². The number of para-hydroxylation sites is 2. The number of halogens is 1. The van der Waals surface area contributed by atoms with E-state index in [-0.39, 0.29) is 23.3 Å². The minimum Gasteiger partial charge on any atom is -0.496 e. The molecule has 5 heterocycles. The number of H-pyrrole nitrogens is 3. The van der Waals surface area contributed by atoms with Crippen LogP contribution in [0.15, 0.2) is 76.8 Å². The van der Waals surface area contributed by atoms with Crippen LogP contribution in [0.3, 0.4) is 0 Å². The van der Waals surface area contributed by atoms with Crippen LogP contribution in [-0.2, 0) is 6.54 Å². The molecule has 0 aliphatic carbocycles. The number of methoxy groups -OCH3 is 1. The van der Waals surface area contributed by atoms with Gasteiger partial charge in [-0.3, -0.25) is 23.9 Å². The summed E-state index contributed by atoms with van der Waals surface area (Å²) in [7, 11) is 1.55. The number of ether oxygens (including phenoxy) is 1. The second kappa shape index (κ2) is 16.2. The third-order valence-corrected chi connectivity index (χ3v) is 10.6. The number of rotatable bonds is 11. The lowest BCUT2D eigenvalue weighted by molar-refractivity contribution is 0.0939. The minimum atomic E-state index is -0.155. The summed E-state index contributed by atoms with van der Waals surface area (Å²) in [6.45, 7) is 9.85. The number of benzene rings is 3. The molecule has 8 rings (SSSR count). The molecule has 0 bridgehead atoms. The summed E-state index contributed by atoms with van der Waals surface area (Å²) >= 11 is 6.05. The third kappa shape index (κ3) is 7.94. The largest absolute Gasteiger partial charge is 0.496 e. The van der Waals surface area contributed by atoms with Crippen molar-refractivity contribution in [3.63, 3.8) is 0 Å². The first-order valence-electron chi connectivity index (χ1n) is 18.1. The molecule has 4 N–H and O–H groups in total. The van der Waals surface area contributed by atoms with Crippen LogP contribution in [0.4, 0.5) is 0 Å². The zero-order chi connectivity index (χ0) is 36.9. The van der Waals surface area contributed by atoms with Crippen molar-refractivity contribution in [3.8, 4) is 5.75 Å². The molecule has 6 aromatic rings. The van der Waals surface area contributed by atoms with E-state index in [2.05, 4.69) is 47.1 Å². The minimum absolute atomic E-state index is 0.0475. The number of hydrogen-bond donors (Lipinski definition) is 4. The Labute approximate surface area is 310 Å². The van der Waals surface area contributed by atoms with E-state index in [0.29, 0.717) is 41.0 Å². The Morgan fingerprint density at radius 1 is 0.981 bits per heavy atom. The fraction of sp³-hybridized carbons (Fsp3) is 0.395. The molecule has 3 aromatic heterocycles. The lowest BCUT2D eigenvalue weighted by Crippen LogP contribution is -2.40. The van der Waals surface area contributed by atoms with Crippen LogP contribution in [0.25, 0.3) is 33.1 Å². The van der Waals surface area contributed by atoms with Crippen LogP contribution < -0.4 is 21.4 Å². The van der Waals surface area contributed by atoms with E-state index in [9.17, 15) is 14.4 Å². The molecule has 3 aromatic carbocycles. The fourth-order valence-electron chi connectivity index (χ4n) is 7.71. The predicted octanol–water partition coefficient (Wildman–Crippen LogP) is 4.70. The van der Waals surface area contributed by atoms with E-state index in [4.69, 9.17) is 16.3 Å². The van der Waals surface area contributed by atoms with Crippen molar-refractivity contribution in [1.29, 1.82) is 0 Å². The Bertz CT molecular complexity index is 2330. The Kier molecular flexibility index (Phi) is 11.1. The highest BCUT2D eigenvalue weighted by Gasteiger charge is 2.25. The van der Waals surface area contributed by atoms with E-state index in [1.54, 1.807) is 25.3 Å². The number of nitrogens with one attached hydrogen (secondary N) is 4. The van der Waals surface area contributed by atoms with Crippen LogP contribution in [0.1, 0.15) is 48.5 Å². The topological polar surface area (TPSA) is 162 Å². The first kappa shape index (κ1) is 36.2. The van der Waals surface area contributed by atoms with Gasteiger partial charge in [-0.2, -0.15) is 0 Å². The first-order valence-corrected chi connectivity index (χ1v) is 18.5. The normalized spacial score (nSPS) is 17.0. The highest BCUT2D eigenvalue weighted by molar-refractivity contribution is 6.31. The highest BCUT2D eigenvalue weighted by Crippen LogP contribution is 2.27. The van der Waals surface area contributed by atoms with Gasteiger partial charge in [0.15, 0.2) is 0 Å². The summed E-state index contributed by atoms with van der Waals surface area (Å²) in [5.74, 6) is 0.354. The van der Waals surface area contributed by atoms with Crippen LogP contribution in [-0.4, -0.2) is 103 Å². The molecule has 2 aliphatic rings. The number of nitrogens with zero attached hydrogens (tertiary/aromatic N) is 6. The molecule has 0 saturated carbocycles. The van der Waals surface area contributed by atoms with Crippen molar-refractivity contribution in [2.24, 2.45) is 0 Å². The van der Waals surface area contributed by atoms with Gasteiger partial charge in [0, 0.05) is 55.9 Å². The number of likely N-dealkylation sites (tertiary alicyclic amines) is 2. The van der Waals surface area contributed by atoms with Gasteiger partial charge in [-0.1, -0.05) is 35.0 Å². The van der Waals surface area contributed by atoms with Crippen molar-refractivity contribution in [3.05, 3.63) is 98.8 Å². The van der Waals surface area contributed by atoms with Crippen molar-refractivity contribution in [2.45, 2.75) is 50.7 Å². The van der Waals surface area contributed by atoms with Gasteiger partial charge in [0.05, 0.1) is 40.3 Å². The number of carbonyl (C=O) groups is 1. The van der Waals surface area contributed by atoms with Crippen molar-refractivity contribution < 1.29 is 9.53 Å². The number of piperidine rings is 1. The van der Waals surface area contributed by atoms with E-state index in [1.807, 2.05) is 51.6 Å². The van der Waals surface area contributed by atoms with E-state index >= 15 is 0 Å². The van der Waals surface area contributed by atoms with Crippen LogP contribution >= 0.6 is 11.6 Å². The van der Waals surface area contributed by atoms with Crippen LogP contribution in [0.2, 0.25) is 5.02 Å². The second-order valence-electron chi connectivity index (χ2n) is 13.7. The number of carbonyl (C=O) groups excluding carboxylic acids is 1. The van der Waals surface area contributed by atoms with Crippen LogP contribution in [0.5, 0.6) is 5.75 Å². The number of fused-ring (bicyclic) bond motifs is 3. The zero-order valence-electron chi connectivity index (χ0n) is 29.8. The Morgan fingerprint density at radius 2 is 1.79 bits per heavy atom. The summed E-state index contributed by atoms with van der Waals surface area (Å²) in [6, 6.07) is 17.3. The second-order valence-corrected chi connectivity index (χ2v) is 14.1. The number of aromatic amines is 3. The maximum atomic E-state index is 12.5. The summed E-state index contributed by atoms with van der Waals surface area (Å²) in [4.78, 5) is 47.8. The Hall–Kier alpha value is -5.18. The molecule has 14 nitrogen and oxygen atoms in total. The Morgan fingerprint density at radius 3 is 2.60 bits per heavy atom. The third-order valence-electron chi connectivity index (χ3n) is 10.4. The quantitative estimate of drug-likeness (QED) is 0.139. The summed E-state index contributed by atoms with van der Waals surface area (Å²) < 4.78 is 9.02. The van der Waals surface area contributed by atoms with Crippen molar-refractivity contribution in [2.75, 3.05) is 46.4 Å². The molecule has 1 amide bonds. The molecule has 2 fully saturated rings. The number of amides is 1. The highest BCUT2D eigenvalue weighted by atomic mass is 35.5. The molecular formula is C38H45ClN10O4. The van der Waals surface area contributed by atoms with E-state index in [0.717, 1.165) is 92.4 Å². The van der Waals surface area contributed by atoms with Crippen molar-refractivity contribution in [1.82, 2.24) is 49.6 Å². The lowest BCUT2D eigenvalue weighted by atomic mass is 10.0. The average molecular weight is 741 g/mol. The monoisotopic (exact) mass is 740 g/mol. The van der Waals surface area contributed by atoms with Gasteiger partial charge >= 0.3 is 11.4 Å². The SMILES string of the molecule is C=CCN1CCCC1CNC(=O)c1cc2nn[nH]c2cc1OC.O=c1[nH]c2ccccc2n1CCCN1CCC(n2c(=O)[nH]c3cc(Cl)ccc32)CC1. The average Bonchev–Trinajstić information content (AvgIpc) is 3.96. The summed E-state index contributed by atoms with van der Waals surface area (Å²) in [6.07, 6.45) is 6.93. The van der Waals surface area contributed by atoms with Crippen molar-refractivity contribution >= 4 is 50.6 Å². The maximum Gasteiger partial charge on any atom is 0.326 e. The summed E-state index contributed by atoms with van der Waals surface area (Å²) in [5, 5.41) is 14.1. The molecule has 0 spiro atoms. The molecule has 278 valence electrons. The zero-order valence-corrected chi connectivity index (χ0v) is 30.6. The molecule has 2 saturated heterocycles. The smallest absolute Gasteiger partial charge is 0.326 e. The molecule has 1 atom stereocenters. The molecule has 1 unspecified atom stereocenters. The van der Waals surface area contributed by atoms with Gasteiger partial charge in [0.1, 0.15) is 11.3 Å². The number of aryl methyl sites for hydroxylation is 1. The summed E-state index contributed by atoms with van der Waals surface area (Å²) in [5.41, 5.74) is 5.30. The number of hydrogen-bond acceptors (Lipinski definition) is 8. The molecule has 2 aliphatic heterocycles. The maximum absolute atomic E-state index is 12.5. The van der Waals surface area contributed by atoms with E-state index < -0.39 is 0 Å². The van der Waals surface area contributed by atoms with Gasteiger partial charge in [-0.15, -0.1) is 11.7 Å².